The molecule has 0 rings (SSSR count). The molecular weight excluding hydrogens is 248 g/mol. The summed E-state index contributed by atoms with van der Waals surface area (Å²) >= 11 is 9.58. The first-order valence-electron chi connectivity index (χ1n) is 4.30. The highest BCUT2D eigenvalue weighted by Crippen LogP contribution is 1.73. The van der Waals surface area contributed by atoms with Gasteiger partial charge < -0.3 is 15.7 Å². The molecule has 0 aliphatic rings. The molecule has 0 heterocycles. The lowest BCUT2D eigenvalue weighted by atomic mass is 10.4. The summed E-state index contributed by atoms with van der Waals surface area (Å²) in [6, 6.07) is 0. The van der Waals surface area contributed by atoms with Crippen LogP contribution in [0.15, 0.2) is 10.2 Å². The Balaban J connectivity index is 4.18. The van der Waals surface area contributed by atoms with Crippen molar-refractivity contribution in [2.75, 3.05) is 20.7 Å². The minimum Gasteiger partial charge on any atom is -0.390 e. The summed E-state index contributed by atoms with van der Waals surface area (Å²) in [6.45, 7) is -0.267. The maximum absolute atomic E-state index is 8.93. The molecule has 90 valence electrons. The molecule has 0 aromatic rings. The highest BCUT2D eigenvalue weighted by atomic mass is 32.1. The number of aliphatic hydroxyl groups excluding tert-OH is 1. The first-order chi connectivity index (χ1) is 7.63. The van der Waals surface area contributed by atoms with Gasteiger partial charge >= 0.3 is 0 Å². The number of rotatable bonds is 4. The Labute approximate surface area is 104 Å². The van der Waals surface area contributed by atoms with E-state index in [1.165, 1.54) is 6.21 Å². The predicted molar refractivity (Wildman–Crippen MR) is 72.6 cm³/mol. The normalized spacial score (nSPS) is 11.1. The van der Waals surface area contributed by atoms with Crippen LogP contribution in [0, 0.1) is 0 Å². The van der Waals surface area contributed by atoms with Gasteiger partial charge in [-0.05, 0) is 24.4 Å². The summed E-state index contributed by atoms with van der Waals surface area (Å²) in [6.07, 6.45) is 1.33. The minimum atomic E-state index is -0.267. The molecule has 0 aliphatic carbocycles. The number of nitrogens with zero attached hydrogens (tertiary/aromatic N) is 2. The molecule has 7 nitrogen and oxygen atoms in total. The molecule has 0 atom stereocenters. The zero-order chi connectivity index (χ0) is 12.4. The summed E-state index contributed by atoms with van der Waals surface area (Å²) in [5.41, 5.74) is 5.35. The van der Waals surface area contributed by atoms with Crippen LogP contribution in [0.2, 0.25) is 0 Å². The average Bonchev–Trinajstić information content (AvgIpc) is 2.32. The van der Waals surface area contributed by atoms with Gasteiger partial charge in [-0.2, -0.15) is 10.2 Å². The summed E-state index contributed by atoms with van der Waals surface area (Å²) in [7, 11) is 3.32. The molecule has 0 fully saturated rings. The van der Waals surface area contributed by atoms with E-state index in [1.807, 2.05) is 0 Å². The molecular formula is C7H14N6OS2. The summed E-state index contributed by atoms with van der Waals surface area (Å²) in [5.74, 6) is 0. The Morgan fingerprint density at radius 3 is 2.25 bits per heavy atom. The predicted octanol–water partition coefficient (Wildman–Crippen LogP) is -1.49. The van der Waals surface area contributed by atoms with Crippen molar-refractivity contribution in [3.05, 3.63) is 0 Å². The van der Waals surface area contributed by atoms with Gasteiger partial charge in [-0.15, -0.1) is 0 Å². The second-order valence-electron chi connectivity index (χ2n) is 2.40. The highest BCUT2D eigenvalue weighted by molar-refractivity contribution is 7.80. The molecule has 0 saturated carbocycles. The van der Waals surface area contributed by atoms with Crippen LogP contribution in [0.4, 0.5) is 0 Å². The lowest BCUT2D eigenvalue weighted by Crippen LogP contribution is -2.31. The van der Waals surface area contributed by atoms with Gasteiger partial charge in [-0.1, -0.05) is 0 Å². The van der Waals surface area contributed by atoms with E-state index in [-0.39, 0.29) is 6.61 Å². The standard InChI is InChI=1S/C7H14N6OS2/c1-8-6(15)12-10-3-5(4-14)11-13-7(16)9-2/h3,14H,4H2,1-2H3,(H2,8,12,15)(H2,9,13,16)/b10-3+,11-5+. The van der Waals surface area contributed by atoms with Gasteiger partial charge in [0.2, 0.25) is 0 Å². The smallest absolute Gasteiger partial charge is 0.186 e. The molecule has 9 heteroatoms. The fourth-order valence-electron chi connectivity index (χ4n) is 0.505. The minimum absolute atomic E-state index is 0.267. The van der Waals surface area contributed by atoms with Crippen LogP contribution >= 0.6 is 24.4 Å². The van der Waals surface area contributed by atoms with Crippen LogP contribution in [-0.2, 0) is 0 Å². The quantitative estimate of drug-likeness (QED) is 0.239. The van der Waals surface area contributed by atoms with Crippen molar-refractivity contribution in [1.82, 2.24) is 21.5 Å². The largest absolute Gasteiger partial charge is 0.390 e. The van der Waals surface area contributed by atoms with Crippen molar-refractivity contribution < 1.29 is 5.11 Å². The van der Waals surface area contributed by atoms with Crippen molar-refractivity contribution in [2.45, 2.75) is 0 Å². The van der Waals surface area contributed by atoms with Gasteiger partial charge in [0.25, 0.3) is 0 Å². The second-order valence-corrected chi connectivity index (χ2v) is 3.22. The monoisotopic (exact) mass is 262 g/mol. The molecule has 0 bridgehead atoms. The Morgan fingerprint density at radius 1 is 1.19 bits per heavy atom. The van der Waals surface area contributed by atoms with Crippen LogP contribution in [0.5, 0.6) is 0 Å². The van der Waals surface area contributed by atoms with Crippen LogP contribution < -0.4 is 21.5 Å². The number of nitrogens with one attached hydrogen (secondary N) is 4. The van der Waals surface area contributed by atoms with Gasteiger partial charge in [0.05, 0.1) is 12.8 Å². The first kappa shape index (κ1) is 14.7. The number of aliphatic hydroxyl groups is 1. The molecule has 16 heavy (non-hydrogen) atoms. The fraction of sp³-hybridized carbons (Fsp3) is 0.429. The average molecular weight is 262 g/mol. The molecule has 0 aromatic carbocycles. The van der Waals surface area contributed by atoms with E-state index in [2.05, 4.69) is 31.7 Å². The summed E-state index contributed by atoms with van der Waals surface area (Å²) in [5, 5.41) is 22.5. The maximum Gasteiger partial charge on any atom is 0.186 e. The Kier molecular flexibility index (Phi) is 8.21. The Bertz CT molecular complexity index is 303. The number of hydrogen-bond donors (Lipinski definition) is 5. The van der Waals surface area contributed by atoms with E-state index in [4.69, 9.17) is 29.5 Å². The second kappa shape index (κ2) is 8.95. The molecule has 0 aromatic heterocycles. The zero-order valence-corrected chi connectivity index (χ0v) is 10.6. The van der Waals surface area contributed by atoms with Gasteiger partial charge in [-0.25, -0.2) is 0 Å². The Morgan fingerprint density at radius 2 is 1.75 bits per heavy atom. The number of thiocarbonyl (C=S) groups is 2. The fourth-order valence-corrected chi connectivity index (χ4v) is 0.603. The molecule has 0 amide bonds. The zero-order valence-electron chi connectivity index (χ0n) is 8.94. The number of hydrazone groups is 2. The molecule has 0 aliphatic heterocycles. The molecule has 5 N–H and O–H groups in total. The molecule has 0 spiro atoms. The highest BCUT2D eigenvalue weighted by Gasteiger charge is 1.94. The number of hydrogen-bond acceptors (Lipinski definition) is 5. The lowest BCUT2D eigenvalue weighted by Gasteiger charge is -2.02. The molecule has 0 unspecified atom stereocenters. The Hall–Kier alpha value is -1.32. The van der Waals surface area contributed by atoms with Crippen LogP contribution in [0.3, 0.4) is 0 Å². The maximum atomic E-state index is 8.93. The van der Waals surface area contributed by atoms with Crippen LogP contribution in [0.25, 0.3) is 0 Å². The molecule has 0 saturated heterocycles. The van der Waals surface area contributed by atoms with E-state index in [9.17, 15) is 0 Å². The van der Waals surface area contributed by atoms with Crippen molar-refractivity contribution in [1.29, 1.82) is 0 Å². The van der Waals surface area contributed by atoms with Crippen molar-refractivity contribution in [3.63, 3.8) is 0 Å². The topological polar surface area (TPSA) is 93.1 Å². The molecule has 0 radical (unpaired) electrons. The van der Waals surface area contributed by atoms with E-state index in [0.717, 1.165) is 0 Å². The van der Waals surface area contributed by atoms with Crippen LogP contribution in [0.1, 0.15) is 0 Å². The van der Waals surface area contributed by atoms with Crippen molar-refractivity contribution in [3.8, 4) is 0 Å². The summed E-state index contributed by atoms with van der Waals surface area (Å²) in [4.78, 5) is 0. The SMILES string of the molecule is CNC(=S)N/N=C/C(CO)=N\NC(=S)NC. The first-order valence-corrected chi connectivity index (χ1v) is 5.11. The van der Waals surface area contributed by atoms with E-state index >= 15 is 0 Å². The lowest BCUT2D eigenvalue weighted by molar-refractivity contribution is 0.359. The van der Waals surface area contributed by atoms with Crippen molar-refractivity contribution >= 4 is 46.6 Å². The third-order valence-electron chi connectivity index (χ3n) is 1.30. The van der Waals surface area contributed by atoms with Gasteiger partial charge in [0, 0.05) is 14.1 Å². The van der Waals surface area contributed by atoms with Gasteiger partial charge in [-0.3, -0.25) is 10.9 Å². The van der Waals surface area contributed by atoms with Crippen molar-refractivity contribution in [2.24, 2.45) is 10.2 Å². The van der Waals surface area contributed by atoms with E-state index in [0.29, 0.717) is 15.9 Å². The third kappa shape index (κ3) is 7.04. The summed E-state index contributed by atoms with van der Waals surface area (Å²) < 4.78 is 0. The van der Waals surface area contributed by atoms with Crippen LogP contribution in [-0.4, -0.2) is 48.0 Å². The van der Waals surface area contributed by atoms with Gasteiger partial charge in [0.15, 0.2) is 10.2 Å². The van der Waals surface area contributed by atoms with E-state index < -0.39 is 0 Å². The van der Waals surface area contributed by atoms with E-state index in [1.54, 1.807) is 14.1 Å². The third-order valence-corrected chi connectivity index (χ3v) is 1.89. The van der Waals surface area contributed by atoms with Gasteiger partial charge in [0.1, 0.15) is 5.71 Å².